The van der Waals surface area contributed by atoms with Gasteiger partial charge in [-0.3, -0.25) is 9.69 Å². The lowest BCUT2D eigenvalue weighted by atomic mass is 10.1. The second kappa shape index (κ2) is 8.76. The van der Waals surface area contributed by atoms with Crippen LogP contribution in [0.5, 0.6) is 11.5 Å². The van der Waals surface area contributed by atoms with Crippen molar-refractivity contribution in [3.63, 3.8) is 0 Å². The molecule has 0 amide bonds. The van der Waals surface area contributed by atoms with Gasteiger partial charge in [-0.1, -0.05) is 0 Å². The number of ether oxygens (including phenoxy) is 3. The highest BCUT2D eigenvalue weighted by atomic mass is 16.5. The summed E-state index contributed by atoms with van der Waals surface area (Å²) in [5.41, 5.74) is 0.638. The first-order valence-corrected chi connectivity index (χ1v) is 7.97. The molecule has 0 radical (unpaired) electrons. The van der Waals surface area contributed by atoms with Gasteiger partial charge in [-0.25, -0.2) is 0 Å². The molecule has 0 N–H and O–H groups in total. The number of nitrogens with zero attached hydrogens (tertiary/aromatic N) is 1. The SMILES string of the molecule is CCOc1ccc(C(=O)CCN2CCOCC2)c(OCC)c1. The normalized spacial score (nSPS) is 15.5. The van der Waals surface area contributed by atoms with Crippen molar-refractivity contribution in [3.05, 3.63) is 23.8 Å². The van der Waals surface area contributed by atoms with Crippen LogP contribution in [0.3, 0.4) is 0 Å². The highest BCUT2D eigenvalue weighted by Crippen LogP contribution is 2.26. The fourth-order valence-electron chi connectivity index (χ4n) is 2.48. The summed E-state index contributed by atoms with van der Waals surface area (Å²) in [5, 5.41) is 0. The molecule has 0 bridgehead atoms. The molecule has 1 aromatic carbocycles. The number of benzene rings is 1. The summed E-state index contributed by atoms with van der Waals surface area (Å²) in [6, 6.07) is 5.43. The van der Waals surface area contributed by atoms with Gasteiger partial charge in [0.1, 0.15) is 11.5 Å². The molecule has 0 aliphatic carbocycles. The fourth-order valence-corrected chi connectivity index (χ4v) is 2.48. The molecule has 1 heterocycles. The molecule has 5 heteroatoms. The predicted molar refractivity (Wildman–Crippen MR) is 85.0 cm³/mol. The third kappa shape index (κ3) is 4.71. The number of hydrogen-bond donors (Lipinski definition) is 0. The summed E-state index contributed by atoms with van der Waals surface area (Å²) < 4.78 is 16.4. The number of Topliss-reactive ketones (excluding diaryl/α,β-unsaturated/α-hetero) is 1. The number of ketones is 1. The van der Waals surface area contributed by atoms with Gasteiger partial charge in [0.15, 0.2) is 5.78 Å². The molecule has 1 aliphatic rings. The standard InChI is InChI=1S/C17H25NO4/c1-3-21-14-5-6-15(17(13-14)22-4-2)16(19)7-8-18-9-11-20-12-10-18/h5-6,13H,3-4,7-12H2,1-2H3. The van der Waals surface area contributed by atoms with Crippen LogP contribution in [0.4, 0.5) is 0 Å². The molecule has 0 spiro atoms. The van der Waals surface area contributed by atoms with Crippen LogP contribution in [0.25, 0.3) is 0 Å². The van der Waals surface area contributed by atoms with Crippen LogP contribution in [-0.4, -0.2) is 56.7 Å². The van der Waals surface area contributed by atoms with Crippen LogP contribution in [-0.2, 0) is 4.74 Å². The molecule has 22 heavy (non-hydrogen) atoms. The smallest absolute Gasteiger partial charge is 0.167 e. The highest BCUT2D eigenvalue weighted by Gasteiger charge is 2.16. The van der Waals surface area contributed by atoms with Gasteiger partial charge in [-0.15, -0.1) is 0 Å². The van der Waals surface area contributed by atoms with Gasteiger partial charge in [0.05, 0.1) is 32.0 Å². The van der Waals surface area contributed by atoms with Crippen molar-refractivity contribution in [1.82, 2.24) is 4.90 Å². The Morgan fingerprint density at radius 3 is 2.59 bits per heavy atom. The van der Waals surface area contributed by atoms with Crippen molar-refractivity contribution in [3.8, 4) is 11.5 Å². The van der Waals surface area contributed by atoms with E-state index in [1.54, 1.807) is 12.1 Å². The van der Waals surface area contributed by atoms with E-state index >= 15 is 0 Å². The number of carbonyl (C=O) groups is 1. The van der Waals surface area contributed by atoms with Crippen LogP contribution >= 0.6 is 0 Å². The van der Waals surface area contributed by atoms with E-state index in [9.17, 15) is 4.79 Å². The second-order valence-electron chi connectivity index (χ2n) is 5.15. The van der Waals surface area contributed by atoms with Crippen LogP contribution in [0, 0.1) is 0 Å². The molecule has 1 aliphatic heterocycles. The monoisotopic (exact) mass is 307 g/mol. The van der Waals surface area contributed by atoms with Gasteiger partial charge in [0.25, 0.3) is 0 Å². The molecular weight excluding hydrogens is 282 g/mol. The zero-order valence-corrected chi connectivity index (χ0v) is 13.5. The third-order valence-corrected chi connectivity index (χ3v) is 3.62. The minimum atomic E-state index is 0.109. The Kier molecular flexibility index (Phi) is 6.68. The Morgan fingerprint density at radius 2 is 1.91 bits per heavy atom. The summed E-state index contributed by atoms with van der Waals surface area (Å²) in [7, 11) is 0. The average molecular weight is 307 g/mol. The maximum atomic E-state index is 12.5. The number of rotatable bonds is 8. The lowest BCUT2D eigenvalue weighted by Gasteiger charge is -2.26. The molecular formula is C17H25NO4. The average Bonchev–Trinajstić information content (AvgIpc) is 2.54. The maximum absolute atomic E-state index is 12.5. The zero-order valence-electron chi connectivity index (χ0n) is 13.5. The lowest BCUT2D eigenvalue weighted by Crippen LogP contribution is -2.37. The van der Waals surface area contributed by atoms with Crippen molar-refractivity contribution in [1.29, 1.82) is 0 Å². The molecule has 1 aromatic rings. The Hall–Kier alpha value is -1.59. The first-order chi connectivity index (χ1) is 10.7. The van der Waals surface area contributed by atoms with Gasteiger partial charge in [0.2, 0.25) is 0 Å². The number of morpholine rings is 1. The number of carbonyl (C=O) groups excluding carboxylic acids is 1. The Balaban J connectivity index is 2.00. The van der Waals surface area contributed by atoms with E-state index in [1.165, 1.54) is 0 Å². The maximum Gasteiger partial charge on any atom is 0.167 e. The van der Waals surface area contributed by atoms with Gasteiger partial charge in [-0.2, -0.15) is 0 Å². The summed E-state index contributed by atoms with van der Waals surface area (Å²) in [4.78, 5) is 14.7. The van der Waals surface area contributed by atoms with Gasteiger partial charge < -0.3 is 14.2 Å². The summed E-state index contributed by atoms with van der Waals surface area (Å²) >= 11 is 0. The van der Waals surface area contributed by atoms with Gasteiger partial charge in [-0.05, 0) is 26.0 Å². The van der Waals surface area contributed by atoms with Crippen molar-refractivity contribution >= 4 is 5.78 Å². The summed E-state index contributed by atoms with van der Waals surface area (Å²) in [6.07, 6.45) is 0.494. The van der Waals surface area contributed by atoms with Crippen molar-refractivity contribution in [2.45, 2.75) is 20.3 Å². The lowest BCUT2D eigenvalue weighted by molar-refractivity contribution is 0.0370. The van der Waals surface area contributed by atoms with E-state index in [2.05, 4.69) is 4.90 Å². The Labute approximate surface area is 132 Å². The molecule has 1 fully saturated rings. The number of hydrogen-bond acceptors (Lipinski definition) is 5. The molecule has 0 saturated carbocycles. The van der Waals surface area contributed by atoms with E-state index < -0.39 is 0 Å². The predicted octanol–water partition coefficient (Wildman–Crippen LogP) is 2.39. The summed E-state index contributed by atoms with van der Waals surface area (Å²) in [5.74, 6) is 1.45. The first-order valence-electron chi connectivity index (χ1n) is 7.97. The van der Waals surface area contributed by atoms with E-state index in [-0.39, 0.29) is 5.78 Å². The quantitative estimate of drug-likeness (QED) is 0.690. The molecule has 0 unspecified atom stereocenters. The Bertz CT molecular complexity index is 484. The van der Waals surface area contributed by atoms with Crippen molar-refractivity contribution in [2.75, 3.05) is 46.1 Å². The summed E-state index contributed by atoms with van der Waals surface area (Å²) in [6.45, 7) is 9.03. The van der Waals surface area contributed by atoms with E-state index in [4.69, 9.17) is 14.2 Å². The Morgan fingerprint density at radius 1 is 1.18 bits per heavy atom. The molecule has 2 rings (SSSR count). The fraction of sp³-hybridized carbons (Fsp3) is 0.588. The molecule has 0 aromatic heterocycles. The van der Waals surface area contributed by atoms with Crippen LogP contribution in [0.1, 0.15) is 30.6 Å². The second-order valence-corrected chi connectivity index (χ2v) is 5.15. The molecule has 122 valence electrons. The van der Waals surface area contributed by atoms with Gasteiger partial charge in [0, 0.05) is 32.1 Å². The van der Waals surface area contributed by atoms with E-state index in [1.807, 2.05) is 19.9 Å². The van der Waals surface area contributed by atoms with Crippen LogP contribution in [0.2, 0.25) is 0 Å². The largest absolute Gasteiger partial charge is 0.494 e. The molecule has 1 saturated heterocycles. The van der Waals surface area contributed by atoms with Gasteiger partial charge >= 0.3 is 0 Å². The van der Waals surface area contributed by atoms with E-state index in [0.717, 1.165) is 38.6 Å². The first kappa shape index (κ1) is 16.8. The van der Waals surface area contributed by atoms with E-state index in [0.29, 0.717) is 30.9 Å². The minimum Gasteiger partial charge on any atom is -0.494 e. The third-order valence-electron chi connectivity index (χ3n) is 3.62. The topological polar surface area (TPSA) is 48.0 Å². The van der Waals surface area contributed by atoms with Crippen molar-refractivity contribution in [2.24, 2.45) is 0 Å². The molecule has 0 atom stereocenters. The molecule has 5 nitrogen and oxygen atoms in total. The minimum absolute atomic E-state index is 0.109. The highest BCUT2D eigenvalue weighted by molar-refractivity contribution is 5.99. The van der Waals surface area contributed by atoms with Crippen LogP contribution in [0.15, 0.2) is 18.2 Å². The van der Waals surface area contributed by atoms with Crippen molar-refractivity contribution < 1.29 is 19.0 Å². The zero-order chi connectivity index (χ0) is 15.8. The van der Waals surface area contributed by atoms with Crippen LogP contribution < -0.4 is 9.47 Å².